The SMILES string of the molecule is C=C1c2ccc3c4c(ccc(c24)C(C)N1C(CO)C(C)C)C(C)N(c1ccc(CCCCS)cc1)C3=O. The van der Waals surface area contributed by atoms with Crippen molar-refractivity contribution in [1.82, 2.24) is 4.90 Å². The number of anilines is 1. The van der Waals surface area contributed by atoms with Gasteiger partial charge in [0, 0.05) is 27.9 Å². The fraction of sp³-hybridized carbons (Fsp3) is 0.406. The molecule has 0 fully saturated rings. The molecule has 5 rings (SSSR count). The van der Waals surface area contributed by atoms with Crippen molar-refractivity contribution in [2.75, 3.05) is 17.3 Å². The summed E-state index contributed by atoms with van der Waals surface area (Å²) in [5.74, 6) is 1.24. The van der Waals surface area contributed by atoms with E-state index in [2.05, 4.69) is 94.3 Å². The Bertz CT molecular complexity index is 1350. The van der Waals surface area contributed by atoms with E-state index < -0.39 is 0 Å². The number of carbonyl (C=O) groups excluding carboxylic acids is 1. The van der Waals surface area contributed by atoms with Crippen molar-refractivity contribution in [2.24, 2.45) is 5.92 Å². The molecule has 0 spiro atoms. The third-order valence-electron chi connectivity index (χ3n) is 8.40. The molecule has 3 unspecified atom stereocenters. The summed E-state index contributed by atoms with van der Waals surface area (Å²) < 4.78 is 0. The van der Waals surface area contributed by atoms with Gasteiger partial charge in [-0.25, -0.2) is 0 Å². The zero-order valence-electron chi connectivity index (χ0n) is 22.4. The molecule has 0 saturated carbocycles. The molecular weight excluding hydrogens is 476 g/mol. The Labute approximate surface area is 226 Å². The average Bonchev–Trinajstić information content (AvgIpc) is 2.89. The van der Waals surface area contributed by atoms with E-state index in [0.29, 0.717) is 0 Å². The number of aryl methyl sites for hydroxylation is 1. The lowest BCUT2D eigenvalue weighted by Gasteiger charge is -2.46. The van der Waals surface area contributed by atoms with E-state index in [1.54, 1.807) is 0 Å². The van der Waals surface area contributed by atoms with Crippen molar-refractivity contribution in [1.29, 1.82) is 0 Å². The molecule has 3 aromatic carbocycles. The van der Waals surface area contributed by atoms with Crippen molar-refractivity contribution >= 4 is 40.7 Å². The molecule has 0 radical (unpaired) electrons. The third kappa shape index (κ3) is 4.17. The second-order valence-electron chi connectivity index (χ2n) is 10.9. The first-order valence-electron chi connectivity index (χ1n) is 13.5. The van der Waals surface area contributed by atoms with Gasteiger partial charge >= 0.3 is 0 Å². The number of nitrogens with zero attached hydrogens (tertiary/aromatic N) is 2. The zero-order chi connectivity index (χ0) is 26.4. The van der Waals surface area contributed by atoms with Crippen molar-refractivity contribution in [3.05, 3.63) is 82.9 Å². The summed E-state index contributed by atoms with van der Waals surface area (Å²) in [5.41, 5.74) is 7.33. The zero-order valence-corrected chi connectivity index (χ0v) is 23.3. The Hall–Kier alpha value is -2.76. The van der Waals surface area contributed by atoms with E-state index in [0.717, 1.165) is 58.3 Å². The second kappa shape index (κ2) is 10.2. The Morgan fingerprint density at radius 3 is 2.16 bits per heavy atom. The molecule has 0 aromatic heterocycles. The molecule has 4 nitrogen and oxygen atoms in total. The summed E-state index contributed by atoms with van der Waals surface area (Å²) in [5, 5.41) is 12.4. The van der Waals surface area contributed by atoms with Crippen LogP contribution in [-0.2, 0) is 6.42 Å². The number of unbranched alkanes of at least 4 members (excludes halogenated alkanes) is 1. The number of amides is 1. The normalized spacial score (nSPS) is 19.8. The molecule has 2 aliphatic rings. The Balaban J connectivity index is 1.56. The van der Waals surface area contributed by atoms with Crippen LogP contribution in [-0.4, -0.2) is 34.3 Å². The average molecular weight is 515 g/mol. The molecule has 0 bridgehead atoms. The van der Waals surface area contributed by atoms with Crippen LogP contribution >= 0.6 is 12.6 Å². The van der Waals surface area contributed by atoms with Crippen LogP contribution in [0.15, 0.2) is 55.1 Å². The van der Waals surface area contributed by atoms with Crippen LogP contribution in [0.2, 0.25) is 0 Å². The highest BCUT2D eigenvalue weighted by molar-refractivity contribution is 7.80. The van der Waals surface area contributed by atoms with Gasteiger partial charge in [0.2, 0.25) is 0 Å². The maximum atomic E-state index is 14.0. The molecule has 37 heavy (non-hydrogen) atoms. The Kier molecular flexibility index (Phi) is 7.12. The highest BCUT2D eigenvalue weighted by atomic mass is 32.1. The second-order valence-corrected chi connectivity index (χ2v) is 11.3. The van der Waals surface area contributed by atoms with E-state index in [-0.39, 0.29) is 36.6 Å². The molecule has 3 atom stereocenters. The lowest BCUT2D eigenvalue weighted by molar-refractivity contribution is 0.0976. The number of thiol groups is 1. The predicted octanol–water partition coefficient (Wildman–Crippen LogP) is 7.18. The Morgan fingerprint density at radius 1 is 0.919 bits per heavy atom. The summed E-state index contributed by atoms with van der Waals surface area (Å²) in [6, 6.07) is 16.9. The summed E-state index contributed by atoms with van der Waals surface area (Å²) in [4.78, 5) is 18.2. The number of aliphatic hydroxyl groups is 1. The molecule has 0 aliphatic carbocycles. The summed E-state index contributed by atoms with van der Waals surface area (Å²) in [6.07, 6.45) is 3.27. The third-order valence-corrected chi connectivity index (χ3v) is 8.72. The molecule has 0 saturated heterocycles. The first kappa shape index (κ1) is 25.9. The summed E-state index contributed by atoms with van der Waals surface area (Å²) in [7, 11) is 0. The maximum absolute atomic E-state index is 14.0. The Morgan fingerprint density at radius 2 is 1.54 bits per heavy atom. The quantitative estimate of drug-likeness (QED) is 0.247. The number of hydrogen-bond acceptors (Lipinski definition) is 4. The standard InChI is InChI=1S/C32H38N2O2S/c1-19(2)29(18-35)33-20(3)25-13-14-27-22(5)34(24-11-9-23(10-12-24)8-6-7-17-37)32(36)28-16-15-26(21(33)4)30(25)31(27)28/h9-16,19-20,22,29,35,37H,4,6-8,17-18H2,1-3,5H3. The van der Waals surface area contributed by atoms with E-state index in [1.165, 1.54) is 16.7 Å². The molecule has 3 aromatic rings. The van der Waals surface area contributed by atoms with E-state index >= 15 is 0 Å². The fourth-order valence-corrected chi connectivity index (χ4v) is 6.57. The minimum atomic E-state index is -0.0817. The van der Waals surface area contributed by atoms with Gasteiger partial charge in [-0.05, 0) is 85.1 Å². The molecule has 194 valence electrons. The van der Waals surface area contributed by atoms with Crippen LogP contribution in [0.3, 0.4) is 0 Å². The maximum Gasteiger partial charge on any atom is 0.259 e. The topological polar surface area (TPSA) is 43.8 Å². The fourth-order valence-electron chi connectivity index (χ4n) is 6.34. The number of hydrogen-bond donors (Lipinski definition) is 2. The number of benzene rings is 3. The monoisotopic (exact) mass is 514 g/mol. The highest BCUT2D eigenvalue weighted by Gasteiger charge is 2.38. The van der Waals surface area contributed by atoms with Gasteiger partial charge in [0.05, 0.1) is 24.7 Å². The van der Waals surface area contributed by atoms with Crippen LogP contribution in [0.25, 0.3) is 16.5 Å². The first-order chi connectivity index (χ1) is 17.8. The van der Waals surface area contributed by atoms with E-state index in [9.17, 15) is 9.90 Å². The molecule has 1 N–H and O–H groups in total. The number of carbonyl (C=O) groups is 1. The van der Waals surface area contributed by atoms with Gasteiger partial charge in [0.25, 0.3) is 5.91 Å². The minimum absolute atomic E-state index is 0.0186. The number of aliphatic hydroxyl groups excluding tert-OH is 1. The lowest BCUT2D eigenvalue weighted by Crippen LogP contribution is -2.43. The van der Waals surface area contributed by atoms with Crippen molar-refractivity contribution in [3.8, 4) is 0 Å². The van der Waals surface area contributed by atoms with Gasteiger partial charge in [-0.2, -0.15) is 12.6 Å². The highest BCUT2D eigenvalue weighted by Crippen LogP contribution is 2.49. The first-order valence-corrected chi connectivity index (χ1v) is 14.1. The number of rotatable bonds is 8. The molecule has 1 amide bonds. The van der Waals surface area contributed by atoms with Crippen molar-refractivity contribution in [2.45, 2.75) is 65.1 Å². The molecule has 2 aliphatic heterocycles. The van der Waals surface area contributed by atoms with Crippen molar-refractivity contribution < 1.29 is 9.90 Å². The van der Waals surface area contributed by atoms with Crippen LogP contribution in [0.1, 0.15) is 85.2 Å². The predicted molar refractivity (Wildman–Crippen MR) is 157 cm³/mol. The molecule has 5 heteroatoms. The largest absolute Gasteiger partial charge is 0.394 e. The minimum Gasteiger partial charge on any atom is -0.394 e. The molecular formula is C32H38N2O2S. The molecule has 2 heterocycles. The smallest absolute Gasteiger partial charge is 0.259 e. The van der Waals surface area contributed by atoms with E-state index in [1.807, 2.05) is 11.0 Å². The van der Waals surface area contributed by atoms with Crippen LogP contribution < -0.4 is 4.90 Å². The van der Waals surface area contributed by atoms with Gasteiger partial charge in [-0.15, -0.1) is 0 Å². The van der Waals surface area contributed by atoms with Crippen LogP contribution in [0.4, 0.5) is 5.69 Å². The van der Waals surface area contributed by atoms with Gasteiger partial charge in [-0.1, -0.05) is 50.8 Å². The van der Waals surface area contributed by atoms with Gasteiger partial charge in [-0.3, -0.25) is 4.79 Å². The lowest BCUT2D eigenvalue weighted by atomic mass is 9.80. The van der Waals surface area contributed by atoms with E-state index in [4.69, 9.17) is 0 Å². The van der Waals surface area contributed by atoms with Crippen LogP contribution in [0, 0.1) is 5.92 Å². The van der Waals surface area contributed by atoms with Crippen molar-refractivity contribution in [3.63, 3.8) is 0 Å². The van der Waals surface area contributed by atoms with Crippen LogP contribution in [0.5, 0.6) is 0 Å². The van der Waals surface area contributed by atoms with Gasteiger partial charge in [0.1, 0.15) is 0 Å². The summed E-state index contributed by atoms with van der Waals surface area (Å²) >= 11 is 4.31. The summed E-state index contributed by atoms with van der Waals surface area (Å²) in [6.45, 7) is 13.1. The van der Waals surface area contributed by atoms with Gasteiger partial charge in [0.15, 0.2) is 0 Å². The van der Waals surface area contributed by atoms with Gasteiger partial charge < -0.3 is 14.9 Å².